The van der Waals surface area contributed by atoms with E-state index in [0.29, 0.717) is 0 Å². The zero-order valence-electron chi connectivity index (χ0n) is 10.6. The topological polar surface area (TPSA) is 24.9 Å². The largest absolute Gasteiger partial charge is 0.306 e. The van der Waals surface area contributed by atoms with E-state index in [0.717, 1.165) is 18.1 Å². The van der Waals surface area contributed by atoms with Gasteiger partial charge in [0, 0.05) is 24.2 Å². The van der Waals surface area contributed by atoms with Crippen LogP contribution < -0.4 is 5.32 Å². The molecule has 2 aromatic rings. The van der Waals surface area contributed by atoms with Crippen LogP contribution >= 0.6 is 11.3 Å². The number of aryl methyl sites for hydroxylation is 3. The molecule has 0 fully saturated rings. The Morgan fingerprint density at radius 2 is 2.00 bits per heavy atom. The number of nitrogens with zero attached hydrogens (tertiary/aromatic N) is 1. The van der Waals surface area contributed by atoms with Gasteiger partial charge in [-0.15, -0.1) is 11.3 Å². The molecular formula is C14H18N2S. The summed E-state index contributed by atoms with van der Waals surface area (Å²) < 4.78 is 0. The highest BCUT2D eigenvalue weighted by atomic mass is 32.1. The van der Waals surface area contributed by atoms with Gasteiger partial charge in [-0.25, -0.2) is 4.98 Å². The summed E-state index contributed by atoms with van der Waals surface area (Å²) in [6.45, 7) is 8.14. The van der Waals surface area contributed by atoms with Crippen LogP contribution in [0.5, 0.6) is 0 Å². The average molecular weight is 246 g/mol. The fraction of sp³-hybridized carbons (Fsp3) is 0.357. The number of hydrogen-bond donors (Lipinski definition) is 1. The van der Waals surface area contributed by atoms with Gasteiger partial charge in [0.2, 0.25) is 0 Å². The van der Waals surface area contributed by atoms with Gasteiger partial charge in [-0.3, -0.25) is 0 Å². The molecule has 0 aliphatic rings. The molecular weight excluding hydrogens is 228 g/mol. The van der Waals surface area contributed by atoms with Gasteiger partial charge < -0.3 is 5.32 Å². The van der Waals surface area contributed by atoms with Crippen LogP contribution in [-0.4, -0.2) is 4.98 Å². The average Bonchev–Trinajstić information content (AvgIpc) is 2.69. The predicted octanol–water partition coefficient (Wildman–Crippen LogP) is 3.36. The van der Waals surface area contributed by atoms with Gasteiger partial charge in [-0.1, -0.05) is 23.8 Å². The standard InChI is InChI=1S/C14H18N2S/c1-10-4-5-11(2)13(6-10)8-15-9-14-16-7-12(3)17-14/h4-7,15H,8-9H2,1-3H3. The minimum absolute atomic E-state index is 0.853. The summed E-state index contributed by atoms with van der Waals surface area (Å²) in [5.41, 5.74) is 4.04. The van der Waals surface area contributed by atoms with E-state index in [9.17, 15) is 0 Å². The smallest absolute Gasteiger partial charge is 0.107 e. The van der Waals surface area contributed by atoms with Crippen molar-refractivity contribution < 1.29 is 0 Å². The van der Waals surface area contributed by atoms with E-state index in [1.807, 2.05) is 6.20 Å². The summed E-state index contributed by atoms with van der Waals surface area (Å²) in [5, 5.41) is 4.61. The first-order chi connectivity index (χ1) is 8.15. The monoisotopic (exact) mass is 246 g/mol. The summed E-state index contributed by atoms with van der Waals surface area (Å²) in [6.07, 6.45) is 1.93. The molecule has 0 aliphatic carbocycles. The van der Waals surface area contributed by atoms with Crippen molar-refractivity contribution in [1.29, 1.82) is 0 Å². The van der Waals surface area contributed by atoms with Crippen LogP contribution in [0.4, 0.5) is 0 Å². The van der Waals surface area contributed by atoms with Crippen LogP contribution in [-0.2, 0) is 13.1 Å². The molecule has 0 saturated heterocycles. The summed E-state index contributed by atoms with van der Waals surface area (Å²) >= 11 is 1.76. The van der Waals surface area contributed by atoms with Gasteiger partial charge in [0.05, 0.1) is 0 Å². The second kappa shape index (κ2) is 5.43. The molecule has 0 bridgehead atoms. The molecule has 1 aromatic carbocycles. The first kappa shape index (κ1) is 12.3. The van der Waals surface area contributed by atoms with Gasteiger partial charge in [-0.05, 0) is 31.9 Å². The van der Waals surface area contributed by atoms with Crippen molar-refractivity contribution in [3.05, 3.63) is 51.0 Å². The van der Waals surface area contributed by atoms with E-state index in [4.69, 9.17) is 0 Å². The lowest BCUT2D eigenvalue weighted by Gasteiger charge is -2.07. The van der Waals surface area contributed by atoms with Crippen molar-refractivity contribution in [3.63, 3.8) is 0 Å². The molecule has 1 heterocycles. The Balaban J connectivity index is 1.91. The third kappa shape index (κ3) is 3.38. The zero-order chi connectivity index (χ0) is 12.3. The van der Waals surface area contributed by atoms with Gasteiger partial charge in [0.25, 0.3) is 0 Å². The van der Waals surface area contributed by atoms with Crippen LogP contribution in [0.3, 0.4) is 0 Å². The lowest BCUT2D eigenvalue weighted by Crippen LogP contribution is -2.13. The predicted molar refractivity (Wildman–Crippen MR) is 73.3 cm³/mol. The molecule has 0 aliphatic heterocycles. The van der Waals surface area contributed by atoms with Crippen molar-refractivity contribution in [1.82, 2.24) is 10.3 Å². The Kier molecular flexibility index (Phi) is 3.92. The number of benzene rings is 1. The molecule has 0 amide bonds. The highest BCUT2D eigenvalue weighted by Gasteiger charge is 2.01. The first-order valence-corrected chi connectivity index (χ1v) is 6.65. The van der Waals surface area contributed by atoms with E-state index in [-0.39, 0.29) is 0 Å². The lowest BCUT2D eigenvalue weighted by atomic mass is 10.1. The quantitative estimate of drug-likeness (QED) is 0.894. The summed E-state index contributed by atoms with van der Waals surface area (Å²) in [6, 6.07) is 6.58. The van der Waals surface area contributed by atoms with Crippen LogP contribution in [0.15, 0.2) is 24.4 Å². The Morgan fingerprint density at radius 3 is 2.71 bits per heavy atom. The Bertz CT molecular complexity index is 503. The Labute approximate surface area is 107 Å². The number of hydrogen-bond acceptors (Lipinski definition) is 3. The maximum Gasteiger partial charge on any atom is 0.107 e. The molecule has 1 N–H and O–H groups in total. The molecule has 0 radical (unpaired) electrons. The van der Waals surface area contributed by atoms with Crippen molar-refractivity contribution in [2.45, 2.75) is 33.9 Å². The molecule has 2 nitrogen and oxygen atoms in total. The van der Waals surface area contributed by atoms with Crippen LogP contribution in [0, 0.1) is 20.8 Å². The highest BCUT2D eigenvalue weighted by Crippen LogP contribution is 2.12. The summed E-state index contributed by atoms with van der Waals surface area (Å²) in [4.78, 5) is 5.61. The van der Waals surface area contributed by atoms with Crippen molar-refractivity contribution in [3.8, 4) is 0 Å². The molecule has 1 aromatic heterocycles. The van der Waals surface area contributed by atoms with Gasteiger partial charge in [0.1, 0.15) is 5.01 Å². The molecule has 0 saturated carbocycles. The molecule has 0 atom stereocenters. The maximum atomic E-state index is 4.34. The Morgan fingerprint density at radius 1 is 1.18 bits per heavy atom. The van der Waals surface area contributed by atoms with Crippen molar-refractivity contribution in [2.24, 2.45) is 0 Å². The van der Waals surface area contributed by atoms with Gasteiger partial charge in [-0.2, -0.15) is 0 Å². The SMILES string of the molecule is Cc1ccc(C)c(CNCc2ncc(C)s2)c1. The van der Waals surface area contributed by atoms with E-state index < -0.39 is 0 Å². The lowest BCUT2D eigenvalue weighted by molar-refractivity contribution is 0.687. The van der Waals surface area contributed by atoms with Crippen molar-refractivity contribution >= 4 is 11.3 Å². The van der Waals surface area contributed by atoms with E-state index >= 15 is 0 Å². The fourth-order valence-electron chi connectivity index (χ4n) is 1.78. The molecule has 17 heavy (non-hydrogen) atoms. The minimum atomic E-state index is 0.853. The van der Waals surface area contributed by atoms with Crippen LogP contribution in [0.1, 0.15) is 26.6 Å². The minimum Gasteiger partial charge on any atom is -0.306 e. The van der Waals surface area contributed by atoms with Crippen LogP contribution in [0.25, 0.3) is 0 Å². The maximum absolute atomic E-state index is 4.34. The number of aromatic nitrogens is 1. The van der Waals surface area contributed by atoms with Crippen molar-refractivity contribution in [2.75, 3.05) is 0 Å². The number of nitrogens with one attached hydrogen (secondary N) is 1. The molecule has 0 spiro atoms. The fourth-order valence-corrected chi connectivity index (χ4v) is 2.53. The van der Waals surface area contributed by atoms with Gasteiger partial charge >= 0.3 is 0 Å². The molecule has 3 heteroatoms. The van der Waals surface area contributed by atoms with E-state index in [2.05, 4.69) is 49.3 Å². The highest BCUT2D eigenvalue weighted by molar-refractivity contribution is 7.11. The van der Waals surface area contributed by atoms with E-state index in [1.165, 1.54) is 21.6 Å². The van der Waals surface area contributed by atoms with Crippen LogP contribution in [0.2, 0.25) is 0 Å². The van der Waals surface area contributed by atoms with Gasteiger partial charge in [0.15, 0.2) is 0 Å². The molecule has 90 valence electrons. The summed E-state index contributed by atoms with van der Waals surface area (Å²) in [7, 11) is 0. The second-order valence-electron chi connectivity index (χ2n) is 4.40. The third-order valence-electron chi connectivity index (χ3n) is 2.77. The normalized spacial score (nSPS) is 10.8. The third-order valence-corrected chi connectivity index (χ3v) is 3.68. The summed E-state index contributed by atoms with van der Waals surface area (Å²) in [5.74, 6) is 0. The molecule has 2 rings (SSSR count). The Hall–Kier alpha value is -1.19. The second-order valence-corrected chi connectivity index (χ2v) is 5.72. The zero-order valence-corrected chi connectivity index (χ0v) is 11.4. The first-order valence-electron chi connectivity index (χ1n) is 5.83. The number of thiazole rings is 1. The number of rotatable bonds is 4. The van der Waals surface area contributed by atoms with E-state index in [1.54, 1.807) is 11.3 Å². The molecule has 0 unspecified atom stereocenters.